The monoisotopic (exact) mass is 484 g/mol. The highest BCUT2D eigenvalue weighted by Gasteiger charge is 2.34. The maximum absolute atomic E-state index is 13.3. The van der Waals surface area contributed by atoms with E-state index in [0.29, 0.717) is 21.0 Å². The molecule has 0 bridgehead atoms. The Bertz CT molecular complexity index is 1550. The van der Waals surface area contributed by atoms with Crippen molar-refractivity contribution in [3.05, 3.63) is 95.9 Å². The second-order valence-electron chi connectivity index (χ2n) is 9.32. The molecule has 3 aromatic rings. The number of nitrogens with two attached hydrogens (primary N) is 2. The molecule has 0 saturated heterocycles. The third-order valence-corrected chi connectivity index (χ3v) is 7.48. The van der Waals surface area contributed by atoms with Crippen LogP contribution in [0.5, 0.6) is 0 Å². The number of allylic oxidation sites excluding steroid dienone is 1. The lowest BCUT2D eigenvalue weighted by Gasteiger charge is -2.24. The van der Waals surface area contributed by atoms with Crippen LogP contribution in [0.1, 0.15) is 67.7 Å². The lowest BCUT2D eigenvalue weighted by atomic mass is 9.83. The predicted octanol–water partition coefficient (Wildman–Crippen LogP) is 3.07. The summed E-state index contributed by atoms with van der Waals surface area (Å²) in [7, 11) is 0. The molecule has 2 heterocycles. The van der Waals surface area contributed by atoms with Crippen LogP contribution in [0, 0.1) is 11.3 Å². The Labute approximate surface area is 208 Å². The first-order valence-electron chi connectivity index (χ1n) is 11.5. The van der Waals surface area contributed by atoms with Gasteiger partial charge in [0.25, 0.3) is 5.56 Å². The van der Waals surface area contributed by atoms with Gasteiger partial charge in [0.15, 0.2) is 0 Å². The fourth-order valence-corrected chi connectivity index (χ4v) is 5.50. The van der Waals surface area contributed by atoms with Crippen LogP contribution < -0.4 is 26.2 Å². The molecule has 0 spiro atoms. The molecule has 178 valence electrons. The Morgan fingerprint density at radius 2 is 1.57 bits per heavy atom. The van der Waals surface area contributed by atoms with Crippen LogP contribution in [0.2, 0.25) is 0 Å². The van der Waals surface area contributed by atoms with Crippen molar-refractivity contribution in [2.24, 2.45) is 11.5 Å². The summed E-state index contributed by atoms with van der Waals surface area (Å²) in [6, 6.07) is 17.8. The normalized spacial score (nSPS) is 16.1. The number of amides is 1. The molecule has 4 rings (SSSR count). The minimum atomic E-state index is -0.741. The van der Waals surface area contributed by atoms with E-state index in [2.05, 4.69) is 33.8 Å². The highest BCUT2D eigenvalue weighted by atomic mass is 32.1. The Morgan fingerprint density at radius 1 is 1.03 bits per heavy atom. The number of aromatic nitrogens is 1. The minimum Gasteiger partial charge on any atom is -0.384 e. The SMILES string of the molecule is CC(C)c1ccc(/C=c2/sc3n(c2=O)C(N)=C(C#N)[C@@H](c2ccc(C(C)C)cc2)C=3C(N)=O)cc1. The average Bonchev–Trinajstić information content (AvgIpc) is 3.14. The third-order valence-electron chi connectivity index (χ3n) is 6.37. The lowest BCUT2D eigenvalue weighted by molar-refractivity contribution is -0.113. The summed E-state index contributed by atoms with van der Waals surface area (Å²) in [6.45, 7) is 8.42. The molecule has 7 heteroatoms. The van der Waals surface area contributed by atoms with Crippen molar-refractivity contribution >= 4 is 34.7 Å². The molecule has 1 aliphatic heterocycles. The molecule has 4 N–H and O–H groups in total. The van der Waals surface area contributed by atoms with Gasteiger partial charge >= 0.3 is 0 Å². The maximum atomic E-state index is 13.3. The number of benzene rings is 2. The fraction of sp³-hybridized carbons (Fsp3) is 0.250. The van der Waals surface area contributed by atoms with Crippen LogP contribution in [0.4, 0.5) is 0 Å². The van der Waals surface area contributed by atoms with E-state index < -0.39 is 11.8 Å². The molecule has 1 aliphatic rings. The van der Waals surface area contributed by atoms with E-state index in [1.165, 1.54) is 10.1 Å². The van der Waals surface area contributed by atoms with Crippen molar-refractivity contribution < 1.29 is 4.79 Å². The van der Waals surface area contributed by atoms with Crippen molar-refractivity contribution in [3.63, 3.8) is 0 Å². The Kier molecular flexibility index (Phi) is 6.51. The van der Waals surface area contributed by atoms with Gasteiger partial charge in [0.2, 0.25) is 5.91 Å². The number of thiazole rings is 1. The van der Waals surface area contributed by atoms with E-state index in [4.69, 9.17) is 11.5 Å². The highest BCUT2D eigenvalue weighted by Crippen LogP contribution is 2.36. The molecule has 0 fully saturated rings. The van der Waals surface area contributed by atoms with Gasteiger partial charge in [-0.1, -0.05) is 76.2 Å². The summed E-state index contributed by atoms with van der Waals surface area (Å²) in [4.78, 5) is 26.1. The van der Waals surface area contributed by atoms with Crippen molar-refractivity contribution in [1.29, 1.82) is 5.26 Å². The summed E-state index contributed by atoms with van der Waals surface area (Å²) in [5.41, 5.74) is 16.1. The predicted molar refractivity (Wildman–Crippen MR) is 141 cm³/mol. The second-order valence-corrected chi connectivity index (χ2v) is 10.4. The van der Waals surface area contributed by atoms with Gasteiger partial charge in [-0.15, -0.1) is 11.3 Å². The van der Waals surface area contributed by atoms with Crippen LogP contribution in [-0.2, 0) is 4.79 Å². The maximum Gasteiger partial charge on any atom is 0.274 e. The van der Waals surface area contributed by atoms with Crippen LogP contribution in [-0.4, -0.2) is 10.5 Å². The first-order chi connectivity index (χ1) is 16.6. The molecule has 0 radical (unpaired) electrons. The van der Waals surface area contributed by atoms with Crippen LogP contribution in [0.3, 0.4) is 0 Å². The summed E-state index contributed by atoms with van der Waals surface area (Å²) < 4.78 is 2.02. The largest absolute Gasteiger partial charge is 0.384 e. The van der Waals surface area contributed by atoms with Gasteiger partial charge in [-0.2, -0.15) is 5.26 Å². The number of hydrogen-bond acceptors (Lipinski definition) is 5. The molecule has 0 aliphatic carbocycles. The third kappa shape index (κ3) is 4.33. The molecule has 35 heavy (non-hydrogen) atoms. The highest BCUT2D eigenvalue weighted by molar-refractivity contribution is 7.07. The number of fused-ring (bicyclic) bond motifs is 1. The molecule has 2 aromatic carbocycles. The average molecular weight is 485 g/mol. The zero-order chi connectivity index (χ0) is 25.4. The number of primary amides is 1. The van der Waals surface area contributed by atoms with Gasteiger partial charge in [-0.25, -0.2) is 0 Å². The summed E-state index contributed by atoms with van der Waals surface area (Å²) in [5, 5.41) is 9.99. The van der Waals surface area contributed by atoms with Crippen molar-refractivity contribution in [2.45, 2.75) is 45.4 Å². The van der Waals surface area contributed by atoms with Crippen molar-refractivity contribution in [2.75, 3.05) is 0 Å². The van der Waals surface area contributed by atoms with Gasteiger partial charge in [0.05, 0.1) is 27.7 Å². The van der Waals surface area contributed by atoms with E-state index in [0.717, 1.165) is 28.0 Å². The number of hydrogen-bond donors (Lipinski definition) is 2. The van der Waals surface area contributed by atoms with Crippen molar-refractivity contribution in [3.8, 4) is 6.07 Å². The van der Waals surface area contributed by atoms with E-state index in [9.17, 15) is 14.9 Å². The van der Waals surface area contributed by atoms with Crippen molar-refractivity contribution in [1.82, 2.24) is 4.57 Å². The van der Waals surface area contributed by atoms with Gasteiger partial charge in [0.1, 0.15) is 10.5 Å². The first kappa shape index (κ1) is 24.2. The molecular weight excluding hydrogens is 456 g/mol. The minimum absolute atomic E-state index is 0.0292. The van der Waals surface area contributed by atoms with E-state index >= 15 is 0 Å². The van der Waals surface area contributed by atoms with Crippen LogP contribution in [0.15, 0.2) is 58.9 Å². The number of carbonyl (C=O) groups excluding carboxylic acids is 1. The zero-order valence-corrected chi connectivity index (χ0v) is 21.0. The summed E-state index contributed by atoms with van der Waals surface area (Å²) in [6.07, 6.45) is 1.77. The summed E-state index contributed by atoms with van der Waals surface area (Å²) in [5.74, 6) is -0.666. The zero-order valence-electron chi connectivity index (χ0n) is 20.2. The lowest BCUT2D eigenvalue weighted by Crippen LogP contribution is -2.41. The number of nitrogens with zero attached hydrogens (tertiary/aromatic N) is 2. The smallest absolute Gasteiger partial charge is 0.274 e. The Hall–Kier alpha value is -3.89. The van der Waals surface area contributed by atoms with Crippen LogP contribution >= 0.6 is 11.3 Å². The number of carbonyl (C=O) groups is 1. The standard InChI is InChI=1S/C28H28N4O2S/c1-15(2)18-7-5-17(6-8-18)13-22-27(34)32-25(30)21(14-29)23(24(26(31)33)28(32)35-22)20-11-9-19(10-12-20)16(3)4/h5-13,15-16,23H,30H2,1-4H3,(H2,31,33)/b22-13+/t23-/m1/s1. The van der Waals surface area contributed by atoms with Gasteiger partial charge in [-0.05, 0) is 40.2 Å². The van der Waals surface area contributed by atoms with Gasteiger partial charge < -0.3 is 11.5 Å². The Balaban J connectivity index is 1.97. The first-order valence-corrected chi connectivity index (χ1v) is 12.3. The molecule has 6 nitrogen and oxygen atoms in total. The number of nitriles is 1. The molecular formula is C28H28N4O2S. The molecule has 1 aromatic heterocycles. The molecule has 1 atom stereocenters. The molecule has 0 unspecified atom stereocenters. The Morgan fingerprint density at radius 3 is 2.06 bits per heavy atom. The second kappa shape index (κ2) is 9.40. The fourth-order valence-electron chi connectivity index (χ4n) is 4.32. The molecule has 1 amide bonds. The quantitative estimate of drug-likeness (QED) is 0.579. The summed E-state index contributed by atoms with van der Waals surface area (Å²) >= 11 is 1.16. The van der Waals surface area contributed by atoms with Crippen LogP contribution in [0.25, 0.3) is 17.5 Å². The molecule has 0 saturated carbocycles. The van der Waals surface area contributed by atoms with E-state index in [-0.39, 0.29) is 22.5 Å². The van der Waals surface area contributed by atoms with E-state index in [1.54, 1.807) is 6.08 Å². The van der Waals surface area contributed by atoms with Gasteiger partial charge in [0, 0.05) is 0 Å². The topological polar surface area (TPSA) is 115 Å². The van der Waals surface area contributed by atoms with E-state index in [1.807, 2.05) is 48.5 Å². The van der Waals surface area contributed by atoms with Gasteiger partial charge in [-0.3, -0.25) is 14.2 Å². The number of rotatable bonds is 5.